The summed E-state index contributed by atoms with van der Waals surface area (Å²) >= 11 is 1.74. The molecule has 0 saturated heterocycles. The quantitative estimate of drug-likeness (QED) is 0.784. The van der Waals surface area contributed by atoms with Crippen molar-refractivity contribution in [1.82, 2.24) is 9.97 Å². The van der Waals surface area contributed by atoms with Crippen molar-refractivity contribution in [1.29, 1.82) is 0 Å². The molecular weight excluding hydrogens is 282 g/mol. The van der Waals surface area contributed by atoms with Crippen molar-refractivity contribution in [2.24, 2.45) is 5.92 Å². The van der Waals surface area contributed by atoms with Crippen molar-refractivity contribution >= 4 is 27.4 Å². The van der Waals surface area contributed by atoms with Crippen LogP contribution in [0.5, 0.6) is 0 Å². The summed E-state index contributed by atoms with van der Waals surface area (Å²) in [4.78, 5) is 11.7. The first-order chi connectivity index (χ1) is 10.2. The Kier molecular flexibility index (Phi) is 4.40. The molecule has 0 aliphatic heterocycles. The largest absolute Gasteiger partial charge is 0.373 e. The zero-order valence-corrected chi connectivity index (χ0v) is 13.8. The van der Waals surface area contributed by atoms with E-state index in [0.717, 1.165) is 35.5 Å². The molecule has 2 aromatic rings. The van der Waals surface area contributed by atoms with Gasteiger partial charge in [0.1, 0.15) is 17.3 Å². The standard InChI is InChI=1S/C16H23N3OS/c1-4-17-15-14-10(2)11(3)21-16(14)19-13(18-15)9-20-8-7-12-5-6-12/h12H,4-9H2,1-3H3,(H,17,18,19). The highest BCUT2D eigenvalue weighted by Gasteiger charge is 2.20. The SMILES string of the molecule is CCNc1nc(COCCC2CC2)nc2sc(C)c(C)c12. The average molecular weight is 305 g/mol. The van der Waals surface area contributed by atoms with Gasteiger partial charge in [0.15, 0.2) is 5.82 Å². The van der Waals surface area contributed by atoms with Crippen LogP contribution in [-0.2, 0) is 11.3 Å². The number of nitrogens with one attached hydrogen (secondary N) is 1. The van der Waals surface area contributed by atoms with E-state index in [4.69, 9.17) is 4.74 Å². The number of anilines is 1. The predicted octanol–water partition coefficient (Wildman–Crippen LogP) is 4.06. The van der Waals surface area contributed by atoms with Gasteiger partial charge in [-0.3, -0.25) is 0 Å². The Hall–Kier alpha value is -1.20. The lowest BCUT2D eigenvalue weighted by molar-refractivity contribution is 0.110. The van der Waals surface area contributed by atoms with Crippen LogP contribution in [0.4, 0.5) is 5.82 Å². The molecule has 1 aliphatic rings. The summed E-state index contributed by atoms with van der Waals surface area (Å²) in [5.41, 5.74) is 1.28. The molecule has 0 bridgehead atoms. The minimum atomic E-state index is 0.511. The number of aromatic nitrogens is 2. The van der Waals surface area contributed by atoms with Gasteiger partial charge in [-0.1, -0.05) is 12.8 Å². The van der Waals surface area contributed by atoms with E-state index in [-0.39, 0.29) is 0 Å². The van der Waals surface area contributed by atoms with Gasteiger partial charge in [-0.25, -0.2) is 9.97 Å². The number of fused-ring (bicyclic) bond motifs is 1. The second kappa shape index (κ2) is 6.28. The van der Waals surface area contributed by atoms with E-state index in [1.165, 1.54) is 35.1 Å². The zero-order chi connectivity index (χ0) is 14.8. The second-order valence-electron chi connectivity index (χ2n) is 5.77. The number of hydrogen-bond donors (Lipinski definition) is 1. The van der Waals surface area contributed by atoms with Crippen LogP contribution in [0.2, 0.25) is 0 Å². The first kappa shape index (κ1) is 14.7. The van der Waals surface area contributed by atoms with Crippen LogP contribution in [0.15, 0.2) is 0 Å². The Labute approximate surface area is 129 Å². The highest BCUT2D eigenvalue weighted by atomic mass is 32.1. The molecule has 114 valence electrons. The molecule has 0 atom stereocenters. The van der Waals surface area contributed by atoms with Gasteiger partial charge < -0.3 is 10.1 Å². The van der Waals surface area contributed by atoms with Gasteiger partial charge in [-0.05, 0) is 38.7 Å². The molecule has 4 nitrogen and oxygen atoms in total. The van der Waals surface area contributed by atoms with Gasteiger partial charge in [0, 0.05) is 18.0 Å². The number of hydrogen-bond acceptors (Lipinski definition) is 5. The minimum absolute atomic E-state index is 0.511. The lowest BCUT2D eigenvalue weighted by Gasteiger charge is -2.08. The fourth-order valence-electron chi connectivity index (χ4n) is 2.47. The molecule has 21 heavy (non-hydrogen) atoms. The van der Waals surface area contributed by atoms with E-state index in [2.05, 4.69) is 36.1 Å². The van der Waals surface area contributed by atoms with E-state index >= 15 is 0 Å². The van der Waals surface area contributed by atoms with Crippen molar-refractivity contribution in [3.63, 3.8) is 0 Å². The van der Waals surface area contributed by atoms with Crippen LogP contribution in [0.1, 0.15) is 42.5 Å². The number of thiophene rings is 1. The summed E-state index contributed by atoms with van der Waals surface area (Å²) in [5, 5.41) is 4.53. The van der Waals surface area contributed by atoms with Gasteiger partial charge in [-0.15, -0.1) is 11.3 Å². The highest BCUT2D eigenvalue weighted by molar-refractivity contribution is 7.18. The predicted molar refractivity (Wildman–Crippen MR) is 88.0 cm³/mol. The van der Waals surface area contributed by atoms with Crippen molar-refractivity contribution in [3.05, 3.63) is 16.3 Å². The summed E-state index contributed by atoms with van der Waals surface area (Å²) in [6.45, 7) is 8.58. The van der Waals surface area contributed by atoms with E-state index in [1.807, 2.05) is 0 Å². The van der Waals surface area contributed by atoms with Crippen LogP contribution >= 0.6 is 11.3 Å². The van der Waals surface area contributed by atoms with Gasteiger partial charge in [0.05, 0.1) is 5.39 Å². The third kappa shape index (κ3) is 3.35. The van der Waals surface area contributed by atoms with Crippen molar-refractivity contribution < 1.29 is 4.74 Å². The van der Waals surface area contributed by atoms with Crippen molar-refractivity contribution in [2.45, 2.75) is 46.6 Å². The molecule has 3 rings (SSSR count). The maximum atomic E-state index is 5.74. The minimum Gasteiger partial charge on any atom is -0.373 e. The van der Waals surface area contributed by atoms with Crippen molar-refractivity contribution in [3.8, 4) is 0 Å². The third-order valence-electron chi connectivity index (χ3n) is 4.02. The molecule has 0 radical (unpaired) electrons. The first-order valence-corrected chi connectivity index (χ1v) is 8.59. The normalized spacial score (nSPS) is 14.8. The van der Waals surface area contributed by atoms with E-state index in [0.29, 0.717) is 6.61 Å². The second-order valence-corrected chi connectivity index (χ2v) is 6.97. The molecule has 2 heterocycles. The lowest BCUT2D eigenvalue weighted by atomic mass is 10.2. The first-order valence-electron chi connectivity index (χ1n) is 7.77. The van der Waals surface area contributed by atoms with E-state index < -0.39 is 0 Å². The van der Waals surface area contributed by atoms with E-state index in [9.17, 15) is 0 Å². The van der Waals surface area contributed by atoms with Gasteiger partial charge in [-0.2, -0.15) is 0 Å². The smallest absolute Gasteiger partial charge is 0.158 e. The van der Waals surface area contributed by atoms with Crippen LogP contribution < -0.4 is 5.32 Å². The molecule has 0 spiro atoms. The Morgan fingerprint density at radius 3 is 2.81 bits per heavy atom. The summed E-state index contributed by atoms with van der Waals surface area (Å²) < 4.78 is 5.74. The molecular formula is C16H23N3OS. The summed E-state index contributed by atoms with van der Waals surface area (Å²) in [6.07, 6.45) is 3.94. The molecule has 2 aromatic heterocycles. The van der Waals surface area contributed by atoms with Gasteiger partial charge in [0.25, 0.3) is 0 Å². The third-order valence-corrected chi connectivity index (χ3v) is 5.12. The molecule has 0 unspecified atom stereocenters. The maximum absolute atomic E-state index is 5.74. The fraction of sp³-hybridized carbons (Fsp3) is 0.625. The Morgan fingerprint density at radius 1 is 1.29 bits per heavy atom. The Balaban J connectivity index is 1.78. The molecule has 1 aliphatic carbocycles. The summed E-state index contributed by atoms with van der Waals surface area (Å²) in [5.74, 6) is 2.65. The van der Waals surface area contributed by atoms with Gasteiger partial charge >= 0.3 is 0 Å². The lowest BCUT2D eigenvalue weighted by Crippen LogP contribution is -2.06. The number of nitrogens with zero attached hydrogens (tertiary/aromatic N) is 2. The maximum Gasteiger partial charge on any atom is 0.158 e. The monoisotopic (exact) mass is 305 g/mol. The van der Waals surface area contributed by atoms with Crippen molar-refractivity contribution in [2.75, 3.05) is 18.5 Å². The fourth-order valence-corrected chi connectivity index (χ4v) is 3.52. The summed E-state index contributed by atoms with van der Waals surface area (Å²) in [7, 11) is 0. The number of aryl methyl sites for hydroxylation is 2. The zero-order valence-electron chi connectivity index (χ0n) is 13.0. The molecule has 0 amide bonds. The number of ether oxygens (including phenoxy) is 1. The van der Waals surface area contributed by atoms with Crippen LogP contribution in [0, 0.1) is 19.8 Å². The molecule has 5 heteroatoms. The van der Waals surface area contributed by atoms with E-state index in [1.54, 1.807) is 11.3 Å². The molecule has 1 fully saturated rings. The highest BCUT2D eigenvalue weighted by Crippen LogP contribution is 2.34. The topological polar surface area (TPSA) is 47.0 Å². The molecule has 1 saturated carbocycles. The van der Waals surface area contributed by atoms with Crippen LogP contribution in [0.3, 0.4) is 0 Å². The Morgan fingerprint density at radius 2 is 2.10 bits per heavy atom. The van der Waals surface area contributed by atoms with Gasteiger partial charge in [0.2, 0.25) is 0 Å². The van der Waals surface area contributed by atoms with Crippen LogP contribution in [0.25, 0.3) is 10.2 Å². The average Bonchev–Trinajstić information content (AvgIpc) is 3.23. The molecule has 1 N–H and O–H groups in total. The summed E-state index contributed by atoms with van der Waals surface area (Å²) in [6, 6.07) is 0. The molecule has 0 aromatic carbocycles. The van der Waals surface area contributed by atoms with Crippen LogP contribution in [-0.4, -0.2) is 23.1 Å². The Bertz CT molecular complexity index is 634. The number of rotatable bonds is 7.